The van der Waals surface area contributed by atoms with Gasteiger partial charge in [-0.05, 0) is 29.3 Å². The second-order valence-corrected chi connectivity index (χ2v) is 4.58. The highest BCUT2D eigenvalue weighted by atomic mass is 35.5. The summed E-state index contributed by atoms with van der Waals surface area (Å²) in [6.07, 6.45) is 1.31. The molecule has 1 aromatic carbocycles. The maximum atomic E-state index is 12.7. The van der Waals surface area contributed by atoms with Gasteiger partial charge in [-0.15, -0.1) is 0 Å². The van der Waals surface area contributed by atoms with Crippen molar-refractivity contribution in [1.29, 1.82) is 0 Å². The Morgan fingerprint density at radius 1 is 1.40 bits per heavy atom. The lowest BCUT2D eigenvalue weighted by atomic mass is 10.1. The summed E-state index contributed by atoms with van der Waals surface area (Å²) in [7, 11) is 0. The summed E-state index contributed by atoms with van der Waals surface area (Å²) in [6, 6.07) is 4.35. The topological polar surface area (TPSA) is 80.9 Å². The number of rotatable bonds is 4. The molecule has 0 aliphatic carbocycles. The second kappa shape index (κ2) is 6.02. The number of hydrogen-bond donors (Lipinski definition) is 2. The van der Waals surface area contributed by atoms with Crippen LogP contribution in [0.1, 0.15) is 15.9 Å². The van der Waals surface area contributed by atoms with Crippen molar-refractivity contribution in [2.75, 3.05) is 5.32 Å². The number of amides is 1. The molecule has 0 atom stereocenters. The smallest absolute Gasteiger partial charge is 0.250 e. The standard InChI is InChI=1S/C12H9Cl2FN4O/c13-8-5-17-12(14)19-11(8)18-9-3-6(4-15)1-2-7(9)10(16)20/h1-3,5H,4H2,(H2,16,20)(H,17,18,19). The Morgan fingerprint density at radius 2 is 2.15 bits per heavy atom. The van der Waals surface area contributed by atoms with Gasteiger partial charge in [0.2, 0.25) is 5.28 Å². The predicted octanol–water partition coefficient (Wildman–Crippen LogP) is 3.10. The van der Waals surface area contributed by atoms with Crippen molar-refractivity contribution in [3.05, 3.63) is 45.8 Å². The Morgan fingerprint density at radius 3 is 2.80 bits per heavy atom. The van der Waals surface area contributed by atoms with Gasteiger partial charge in [0.15, 0.2) is 5.82 Å². The Labute approximate surface area is 123 Å². The third kappa shape index (κ3) is 3.15. The van der Waals surface area contributed by atoms with E-state index in [1.54, 1.807) is 0 Å². The Balaban J connectivity index is 2.45. The molecule has 8 heteroatoms. The average Bonchev–Trinajstić information content (AvgIpc) is 2.42. The predicted molar refractivity (Wildman–Crippen MR) is 75.1 cm³/mol. The van der Waals surface area contributed by atoms with E-state index in [-0.39, 0.29) is 21.7 Å². The zero-order valence-corrected chi connectivity index (χ0v) is 11.5. The first-order chi connectivity index (χ1) is 9.51. The third-order valence-electron chi connectivity index (χ3n) is 2.47. The van der Waals surface area contributed by atoms with Crippen molar-refractivity contribution >= 4 is 40.6 Å². The van der Waals surface area contributed by atoms with E-state index >= 15 is 0 Å². The van der Waals surface area contributed by atoms with Crippen LogP contribution in [0.3, 0.4) is 0 Å². The van der Waals surface area contributed by atoms with Crippen LogP contribution >= 0.6 is 23.2 Å². The van der Waals surface area contributed by atoms with Crippen LogP contribution in [0, 0.1) is 0 Å². The summed E-state index contributed by atoms with van der Waals surface area (Å²) in [5.74, 6) is -0.459. The van der Waals surface area contributed by atoms with E-state index in [0.29, 0.717) is 11.3 Å². The fraction of sp³-hybridized carbons (Fsp3) is 0.0833. The molecule has 0 aliphatic rings. The molecule has 0 aliphatic heterocycles. The normalized spacial score (nSPS) is 10.3. The monoisotopic (exact) mass is 314 g/mol. The molecule has 0 unspecified atom stereocenters. The molecule has 104 valence electrons. The van der Waals surface area contributed by atoms with E-state index in [9.17, 15) is 9.18 Å². The molecule has 0 radical (unpaired) electrons. The van der Waals surface area contributed by atoms with Crippen LogP contribution in [0.2, 0.25) is 10.3 Å². The van der Waals surface area contributed by atoms with E-state index in [4.69, 9.17) is 28.9 Å². The van der Waals surface area contributed by atoms with Gasteiger partial charge >= 0.3 is 0 Å². The number of benzene rings is 1. The van der Waals surface area contributed by atoms with E-state index in [1.807, 2.05) is 0 Å². The minimum absolute atomic E-state index is 0.0147. The molecule has 5 nitrogen and oxygen atoms in total. The average molecular weight is 315 g/mol. The Kier molecular flexibility index (Phi) is 4.36. The molecule has 0 fully saturated rings. The van der Waals surface area contributed by atoms with Crippen LogP contribution in [0.15, 0.2) is 24.4 Å². The van der Waals surface area contributed by atoms with Gasteiger partial charge in [-0.3, -0.25) is 4.79 Å². The van der Waals surface area contributed by atoms with Crippen LogP contribution in [0.4, 0.5) is 15.9 Å². The number of nitrogens with two attached hydrogens (primary N) is 1. The van der Waals surface area contributed by atoms with E-state index in [1.165, 1.54) is 24.4 Å². The van der Waals surface area contributed by atoms with Crippen LogP contribution in [-0.4, -0.2) is 15.9 Å². The van der Waals surface area contributed by atoms with Gasteiger partial charge in [0.1, 0.15) is 11.7 Å². The lowest BCUT2D eigenvalue weighted by Crippen LogP contribution is -2.14. The summed E-state index contributed by atoms with van der Waals surface area (Å²) in [5.41, 5.74) is 6.13. The van der Waals surface area contributed by atoms with Crippen LogP contribution in [-0.2, 0) is 6.67 Å². The SMILES string of the molecule is NC(=O)c1ccc(CF)cc1Nc1nc(Cl)ncc1Cl. The number of halogens is 3. The van der Waals surface area contributed by atoms with Gasteiger partial charge in [-0.1, -0.05) is 17.7 Å². The number of alkyl halides is 1. The quantitative estimate of drug-likeness (QED) is 0.850. The highest BCUT2D eigenvalue weighted by Crippen LogP contribution is 2.27. The van der Waals surface area contributed by atoms with Crippen molar-refractivity contribution in [3.63, 3.8) is 0 Å². The zero-order valence-electron chi connectivity index (χ0n) is 10.0. The number of anilines is 2. The first-order valence-electron chi connectivity index (χ1n) is 5.45. The Bertz CT molecular complexity index is 666. The second-order valence-electron chi connectivity index (χ2n) is 3.84. The molecule has 1 heterocycles. The maximum absolute atomic E-state index is 12.7. The lowest BCUT2D eigenvalue weighted by Gasteiger charge is -2.11. The molecule has 2 rings (SSSR count). The van der Waals surface area contributed by atoms with Crippen molar-refractivity contribution in [2.24, 2.45) is 5.73 Å². The van der Waals surface area contributed by atoms with Gasteiger partial charge < -0.3 is 11.1 Å². The minimum Gasteiger partial charge on any atom is -0.366 e. The number of nitrogens with zero attached hydrogens (tertiary/aromatic N) is 2. The van der Waals surface area contributed by atoms with Crippen LogP contribution in [0.25, 0.3) is 0 Å². The fourth-order valence-corrected chi connectivity index (χ4v) is 1.83. The number of carbonyl (C=O) groups is 1. The van der Waals surface area contributed by atoms with Gasteiger partial charge in [0.25, 0.3) is 5.91 Å². The van der Waals surface area contributed by atoms with Crippen molar-refractivity contribution in [1.82, 2.24) is 9.97 Å². The summed E-state index contributed by atoms with van der Waals surface area (Å²) in [5, 5.41) is 2.99. The summed E-state index contributed by atoms with van der Waals surface area (Å²) >= 11 is 11.6. The molecule has 3 N–H and O–H groups in total. The molecule has 0 saturated carbocycles. The molecule has 0 bridgehead atoms. The first-order valence-corrected chi connectivity index (χ1v) is 6.20. The number of primary amides is 1. The van der Waals surface area contributed by atoms with Gasteiger partial charge in [-0.25, -0.2) is 9.37 Å². The van der Waals surface area contributed by atoms with Crippen LogP contribution < -0.4 is 11.1 Å². The first kappa shape index (κ1) is 14.5. The molecular weight excluding hydrogens is 306 g/mol. The van der Waals surface area contributed by atoms with Crippen molar-refractivity contribution < 1.29 is 9.18 Å². The molecule has 0 spiro atoms. The molecule has 0 saturated heterocycles. The summed E-state index contributed by atoms with van der Waals surface area (Å²) < 4.78 is 12.7. The van der Waals surface area contributed by atoms with E-state index in [0.717, 1.165) is 0 Å². The lowest BCUT2D eigenvalue weighted by molar-refractivity contribution is 0.100. The molecule has 2 aromatic rings. The van der Waals surface area contributed by atoms with Crippen molar-refractivity contribution in [2.45, 2.75) is 6.67 Å². The number of hydrogen-bond acceptors (Lipinski definition) is 4. The van der Waals surface area contributed by atoms with Gasteiger partial charge in [-0.2, -0.15) is 4.98 Å². The van der Waals surface area contributed by atoms with Crippen LogP contribution in [0.5, 0.6) is 0 Å². The third-order valence-corrected chi connectivity index (χ3v) is 2.93. The number of nitrogens with one attached hydrogen (secondary N) is 1. The highest BCUT2D eigenvalue weighted by Gasteiger charge is 2.12. The number of carbonyl (C=O) groups excluding carboxylic acids is 1. The largest absolute Gasteiger partial charge is 0.366 e. The molecule has 1 amide bonds. The summed E-state index contributed by atoms with van der Waals surface area (Å²) in [6.45, 7) is -0.675. The molecule has 20 heavy (non-hydrogen) atoms. The van der Waals surface area contributed by atoms with Crippen molar-refractivity contribution in [3.8, 4) is 0 Å². The maximum Gasteiger partial charge on any atom is 0.250 e. The molecular formula is C12H9Cl2FN4O. The minimum atomic E-state index is -0.675. The van der Waals surface area contributed by atoms with E-state index in [2.05, 4.69) is 15.3 Å². The number of aromatic nitrogens is 2. The Hall–Kier alpha value is -1.92. The molecule has 1 aromatic heterocycles. The summed E-state index contributed by atoms with van der Waals surface area (Å²) in [4.78, 5) is 19.0. The van der Waals surface area contributed by atoms with Gasteiger partial charge in [0, 0.05) is 0 Å². The fourth-order valence-electron chi connectivity index (χ4n) is 1.55. The zero-order chi connectivity index (χ0) is 14.7. The van der Waals surface area contributed by atoms with E-state index < -0.39 is 12.6 Å². The highest BCUT2D eigenvalue weighted by molar-refractivity contribution is 6.33. The van der Waals surface area contributed by atoms with Gasteiger partial charge in [0.05, 0.1) is 17.4 Å².